The molecular weight excluding hydrogens is 1090 g/mol. The van der Waals surface area contributed by atoms with Crippen LogP contribution in [0.3, 0.4) is 0 Å². The first-order valence-electron chi connectivity index (χ1n) is 25.6. The third-order valence-corrected chi connectivity index (χ3v) is 15.9. The second-order valence-corrected chi connectivity index (χ2v) is 20.8. The molecule has 19 N–H and O–H groups in total. The molecule has 0 bridgehead atoms. The summed E-state index contributed by atoms with van der Waals surface area (Å²) in [7, 11) is 0. The highest BCUT2D eigenvalue weighted by atomic mass is 16.5. The van der Waals surface area contributed by atoms with Crippen LogP contribution in [0.4, 0.5) is 0 Å². The van der Waals surface area contributed by atoms with Gasteiger partial charge in [0.1, 0.15) is 99.2 Å². The van der Waals surface area contributed by atoms with Gasteiger partial charge in [0.2, 0.25) is 0 Å². The topological polar surface area (TPSA) is 421 Å². The van der Waals surface area contributed by atoms with Gasteiger partial charge >= 0.3 is 0 Å². The first-order valence-corrected chi connectivity index (χ1v) is 25.6. The van der Waals surface area contributed by atoms with Crippen molar-refractivity contribution in [3.8, 4) is 109 Å². The number of hydrogen-bond donors (Lipinski definition) is 19. The number of aliphatic hydroxyl groups is 4. The van der Waals surface area contributed by atoms with Crippen LogP contribution in [0.25, 0.3) is 0 Å². The van der Waals surface area contributed by atoms with E-state index in [4.69, 9.17) is 18.9 Å². The molecule has 0 saturated heterocycles. The molecule has 4 aliphatic heterocycles. The van der Waals surface area contributed by atoms with Crippen molar-refractivity contribution in [1.29, 1.82) is 0 Å². The van der Waals surface area contributed by atoms with Gasteiger partial charge in [0.05, 0.1) is 23.9 Å². The highest BCUT2D eigenvalue weighted by Crippen LogP contribution is 2.64. The van der Waals surface area contributed by atoms with E-state index in [1.165, 1.54) is 42.5 Å². The van der Waals surface area contributed by atoms with E-state index < -0.39 is 193 Å². The average Bonchev–Trinajstić information content (AvgIpc) is 1.43. The fourth-order valence-electron chi connectivity index (χ4n) is 12.1. The largest absolute Gasteiger partial charge is 0.508 e. The molecule has 0 amide bonds. The summed E-state index contributed by atoms with van der Waals surface area (Å²) in [5, 5.41) is 219. The van der Waals surface area contributed by atoms with Crippen molar-refractivity contribution in [2.75, 3.05) is 0 Å². The zero-order valence-electron chi connectivity index (χ0n) is 42.6. The Kier molecular flexibility index (Phi) is 12.6. The van der Waals surface area contributed by atoms with Gasteiger partial charge in [0, 0.05) is 75.7 Å². The minimum absolute atomic E-state index is 0.0155. The van der Waals surface area contributed by atoms with Crippen molar-refractivity contribution >= 4 is 0 Å². The SMILES string of the molecule is Oc1ccc([C@H]2Oc3cc(O)c([C@@H]4c5c(O)cc(O)cc5O[C@H](c5ccc(O)c(O)c5)[C@@H]4O)c(O)c3[C@@H](c3c(O)cc(O)c4c3O[C@H](c3ccc(O)c(O)c3)[C@H](O)[C@H]4c3c(O)cc4c(c3O)C[C@@H](O)[C@@H](c3ccc(O)c(O)c3)O4)[C@H]2O)cc1. The molecule has 4 aliphatic rings. The van der Waals surface area contributed by atoms with Gasteiger partial charge in [-0.25, -0.2) is 0 Å². The summed E-state index contributed by atoms with van der Waals surface area (Å²) in [6.07, 6.45) is -14.0. The maximum absolute atomic E-state index is 13.0. The van der Waals surface area contributed by atoms with Crippen molar-refractivity contribution in [3.63, 3.8) is 0 Å². The molecule has 23 heteroatoms. The summed E-state index contributed by atoms with van der Waals surface area (Å²) < 4.78 is 25.2. The summed E-state index contributed by atoms with van der Waals surface area (Å²) in [6.45, 7) is 0. The zero-order chi connectivity index (χ0) is 58.9. The van der Waals surface area contributed by atoms with Crippen molar-refractivity contribution in [2.24, 2.45) is 0 Å². The highest BCUT2D eigenvalue weighted by Gasteiger charge is 2.52. The number of fused-ring (bicyclic) bond motifs is 4. The van der Waals surface area contributed by atoms with Crippen molar-refractivity contribution in [3.05, 3.63) is 170 Å². The number of phenols is 15. The lowest BCUT2D eigenvalue weighted by Crippen LogP contribution is -2.39. The second kappa shape index (κ2) is 19.5. The van der Waals surface area contributed by atoms with E-state index in [1.54, 1.807) is 0 Å². The molecule has 0 spiro atoms. The van der Waals surface area contributed by atoms with E-state index >= 15 is 0 Å². The summed E-state index contributed by atoms with van der Waals surface area (Å²) in [5.41, 5.74) is -2.80. The minimum atomic E-state index is -2.04. The molecule has 83 heavy (non-hydrogen) atoms. The number of hydrogen-bond acceptors (Lipinski definition) is 23. The van der Waals surface area contributed by atoms with Gasteiger partial charge in [0.25, 0.3) is 0 Å². The molecule has 0 unspecified atom stereocenters. The van der Waals surface area contributed by atoms with Crippen LogP contribution in [-0.4, -0.2) is 121 Å². The summed E-state index contributed by atoms with van der Waals surface area (Å²) >= 11 is 0. The average molecular weight is 1140 g/mol. The summed E-state index contributed by atoms with van der Waals surface area (Å²) in [4.78, 5) is 0. The molecule has 4 heterocycles. The van der Waals surface area contributed by atoms with Gasteiger partial charge in [-0.1, -0.05) is 30.3 Å². The molecule has 8 aromatic rings. The maximum Gasteiger partial charge on any atom is 0.157 e. The predicted molar refractivity (Wildman–Crippen MR) is 283 cm³/mol. The van der Waals surface area contributed by atoms with Gasteiger partial charge in [-0.05, 0) is 70.8 Å². The van der Waals surface area contributed by atoms with Crippen LogP contribution in [0, 0.1) is 0 Å². The smallest absolute Gasteiger partial charge is 0.157 e. The number of phenolic OH excluding ortho intramolecular Hbond substituents is 15. The molecule has 23 nitrogen and oxygen atoms in total. The van der Waals surface area contributed by atoms with Crippen LogP contribution in [0.2, 0.25) is 0 Å². The van der Waals surface area contributed by atoms with Gasteiger partial charge in [-0.3, -0.25) is 0 Å². The van der Waals surface area contributed by atoms with Gasteiger partial charge in [-0.2, -0.15) is 0 Å². The lowest BCUT2D eigenvalue weighted by molar-refractivity contribution is -0.00425. The number of aromatic hydroxyl groups is 15. The highest BCUT2D eigenvalue weighted by molar-refractivity contribution is 5.73. The van der Waals surface area contributed by atoms with E-state index in [1.807, 2.05) is 0 Å². The van der Waals surface area contributed by atoms with Crippen LogP contribution in [-0.2, 0) is 6.42 Å². The Balaban J connectivity index is 1.09. The minimum Gasteiger partial charge on any atom is -0.508 e. The Morgan fingerprint density at radius 1 is 0.289 bits per heavy atom. The van der Waals surface area contributed by atoms with Gasteiger partial charge in [0.15, 0.2) is 52.8 Å². The summed E-state index contributed by atoms with van der Waals surface area (Å²) in [5.74, 6) is -17.2. The van der Waals surface area contributed by atoms with E-state index in [0.717, 1.165) is 66.7 Å². The molecule has 0 radical (unpaired) electrons. The third-order valence-electron chi connectivity index (χ3n) is 15.9. The molecule has 0 aromatic heterocycles. The second-order valence-electron chi connectivity index (χ2n) is 20.8. The predicted octanol–water partition coefficient (Wildman–Crippen LogP) is 6.19. The molecule has 11 atom stereocenters. The lowest BCUT2D eigenvalue weighted by atomic mass is 9.72. The standard InChI is InChI=1S/C60H50O23/c61-24-6-1-20(2-7-24)57-55(79)50(47-41(82-57)19-37(73)44(52(47)76)48-42-33(69)14-25(62)15-40(42)81-58(53(48)77)22-4-9-28(64)31(67)12-22)46-35(71)17-34(70)45-49(54(78)59(83-60(45)46)23-5-10-29(65)32(68)13-23)43-36(72)18-39-26(51(43)75)16-38(74)56(80-39)21-3-8-27(63)30(66)11-21/h1-15,17-19,38,48-50,53-59,61-79H,16H2/t38-,48+,49+,50-,53-,54-,55-,56-,57-,58-,59-/m1/s1. The molecule has 428 valence electrons. The van der Waals surface area contributed by atoms with Crippen molar-refractivity contribution in [2.45, 2.75) is 73.0 Å². The molecule has 0 saturated carbocycles. The Hall–Kier alpha value is -10.2. The normalized spacial score (nSPS) is 24.1. The zero-order valence-corrected chi connectivity index (χ0v) is 42.6. The van der Waals surface area contributed by atoms with E-state index in [-0.39, 0.29) is 50.6 Å². The van der Waals surface area contributed by atoms with Crippen LogP contribution < -0.4 is 18.9 Å². The Labute approximate surface area is 467 Å². The lowest BCUT2D eigenvalue weighted by Gasteiger charge is -2.43. The number of benzene rings is 8. The fraction of sp³-hybridized carbons (Fsp3) is 0.200. The molecule has 8 aromatic carbocycles. The molecule has 12 rings (SSSR count). The Morgan fingerprint density at radius 2 is 0.687 bits per heavy atom. The van der Waals surface area contributed by atoms with Crippen LogP contribution in [0.5, 0.6) is 109 Å². The van der Waals surface area contributed by atoms with Gasteiger partial charge < -0.3 is 116 Å². The van der Waals surface area contributed by atoms with Gasteiger partial charge in [-0.15, -0.1) is 0 Å². The van der Waals surface area contributed by atoms with Crippen LogP contribution >= 0.6 is 0 Å². The van der Waals surface area contributed by atoms with Crippen molar-refractivity contribution in [1.82, 2.24) is 0 Å². The van der Waals surface area contributed by atoms with E-state index in [2.05, 4.69) is 0 Å². The first kappa shape index (κ1) is 53.4. The Bertz CT molecular complexity index is 3960. The fourth-order valence-corrected chi connectivity index (χ4v) is 12.1. The quantitative estimate of drug-likeness (QED) is 0.0791. The van der Waals surface area contributed by atoms with E-state index in [0.29, 0.717) is 0 Å². The molecule has 0 aliphatic carbocycles. The molecular formula is C60H50O23. The number of ether oxygens (including phenoxy) is 4. The maximum atomic E-state index is 13.0. The summed E-state index contributed by atoms with van der Waals surface area (Å²) in [6, 6.07) is 20.4. The Morgan fingerprint density at radius 3 is 1.22 bits per heavy atom. The monoisotopic (exact) mass is 1140 g/mol. The number of aliphatic hydroxyl groups excluding tert-OH is 4. The van der Waals surface area contributed by atoms with Crippen LogP contribution in [0.15, 0.2) is 109 Å². The van der Waals surface area contributed by atoms with E-state index in [9.17, 15) is 97.0 Å². The number of rotatable bonds is 7. The molecule has 0 fully saturated rings. The van der Waals surface area contributed by atoms with Crippen LogP contribution in [0.1, 0.15) is 103 Å². The first-order chi connectivity index (χ1) is 39.5. The van der Waals surface area contributed by atoms with Crippen molar-refractivity contribution < 1.29 is 116 Å². The third kappa shape index (κ3) is 8.51.